The summed E-state index contributed by atoms with van der Waals surface area (Å²) in [6.07, 6.45) is 0. The fourth-order valence-electron chi connectivity index (χ4n) is 1.77. The van der Waals surface area contributed by atoms with E-state index in [4.69, 9.17) is 5.11 Å². The Kier molecular flexibility index (Phi) is 3.99. The van der Waals surface area contributed by atoms with Crippen LogP contribution in [0.4, 0.5) is 13.8 Å². The molecule has 0 atom stereocenters. The number of anilines is 1. The molecule has 0 aliphatic heterocycles. The minimum absolute atomic E-state index is 0.0636. The largest absolute Gasteiger partial charge is 0.478 e. The van der Waals surface area contributed by atoms with Crippen LogP contribution in [0.1, 0.15) is 26.4 Å². The zero-order chi connectivity index (χ0) is 15.7. The van der Waals surface area contributed by atoms with E-state index in [1.165, 1.54) is 14.0 Å². The van der Waals surface area contributed by atoms with Gasteiger partial charge in [0.1, 0.15) is 22.2 Å². The molecular weight excluding hydrogens is 302 g/mol. The van der Waals surface area contributed by atoms with Crippen molar-refractivity contribution in [1.29, 1.82) is 0 Å². The van der Waals surface area contributed by atoms with Gasteiger partial charge in [0.2, 0.25) is 0 Å². The number of carbonyl (C=O) groups is 2. The van der Waals surface area contributed by atoms with Crippen molar-refractivity contribution in [2.24, 2.45) is 0 Å². The molecule has 21 heavy (non-hydrogen) atoms. The molecule has 5 nitrogen and oxygen atoms in total. The minimum atomic E-state index is -1.24. The lowest BCUT2D eigenvalue weighted by Crippen LogP contribution is -2.28. The number of carbonyl (C=O) groups excluding carboxylic acids is 1. The molecule has 0 saturated heterocycles. The number of aromatic nitrogens is 1. The molecule has 0 radical (unpaired) electrons. The Morgan fingerprint density at radius 1 is 1.33 bits per heavy atom. The van der Waals surface area contributed by atoms with Gasteiger partial charge in [0.05, 0.1) is 11.3 Å². The molecule has 0 aliphatic carbocycles. The van der Waals surface area contributed by atoms with Gasteiger partial charge >= 0.3 is 5.97 Å². The van der Waals surface area contributed by atoms with Crippen molar-refractivity contribution in [3.05, 3.63) is 46.7 Å². The van der Waals surface area contributed by atoms with Crippen molar-refractivity contribution < 1.29 is 23.5 Å². The smallest absolute Gasteiger partial charge is 0.340 e. The Hall–Kier alpha value is -2.35. The van der Waals surface area contributed by atoms with Crippen molar-refractivity contribution in [3.8, 4) is 0 Å². The minimum Gasteiger partial charge on any atom is -0.478 e. The summed E-state index contributed by atoms with van der Waals surface area (Å²) in [5.74, 6) is -3.73. The molecule has 1 aromatic heterocycles. The molecule has 0 saturated carbocycles. The SMILES string of the molecule is Cc1nsc(N(C)C(=O)c2cc(F)ccc2F)c1C(=O)O. The number of halogens is 2. The number of carboxylic acid groups (broad SMARTS) is 1. The summed E-state index contributed by atoms with van der Waals surface area (Å²) in [6.45, 7) is 1.49. The third kappa shape index (κ3) is 2.75. The molecule has 0 unspecified atom stereocenters. The number of nitrogens with zero attached hydrogens (tertiary/aromatic N) is 2. The summed E-state index contributed by atoms with van der Waals surface area (Å²) in [5, 5.41) is 9.19. The van der Waals surface area contributed by atoms with Crippen LogP contribution in [0, 0.1) is 18.6 Å². The molecule has 2 rings (SSSR count). The predicted molar refractivity (Wildman–Crippen MR) is 72.9 cm³/mol. The molecule has 2 aromatic rings. The van der Waals surface area contributed by atoms with Crippen LogP contribution in [0.2, 0.25) is 0 Å². The lowest BCUT2D eigenvalue weighted by atomic mass is 10.1. The molecular formula is C13H10F2N2O3S. The van der Waals surface area contributed by atoms with Crippen molar-refractivity contribution in [2.75, 3.05) is 11.9 Å². The van der Waals surface area contributed by atoms with Gasteiger partial charge in [-0.3, -0.25) is 4.79 Å². The van der Waals surface area contributed by atoms with Crippen LogP contribution < -0.4 is 4.90 Å². The number of benzene rings is 1. The third-order valence-electron chi connectivity index (χ3n) is 2.83. The first-order chi connectivity index (χ1) is 9.82. The van der Waals surface area contributed by atoms with Gasteiger partial charge in [-0.2, -0.15) is 4.37 Å². The summed E-state index contributed by atoms with van der Waals surface area (Å²) in [4.78, 5) is 24.3. The quantitative estimate of drug-likeness (QED) is 0.946. The average Bonchev–Trinajstić information content (AvgIpc) is 2.81. The zero-order valence-corrected chi connectivity index (χ0v) is 11.9. The van der Waals surface area contributed by atoms with Gasteiger partial charge in [-0.1, -0.05) is 0 Å². The third-order valence-corrected chi connectivity index (χ3v) is 3.84. The predicted octanol–water partition coefficient (Wildman–Crippen LogP) is 2.70. The Morgan fingerprint density at radius 3 is 2.62 bits per heavy atom. The zero-order valence-electron chi connectivity index (χ0n) is 11.1. The molecule has 1 heterocycles. The number of hydrogen-bond acceptors (Lipinski definition) is 4. The fourth-order valence-corrected chi connectivity index (χ4v) is 2.61. The lowest BCUT2D eigenvalue weighted by molar-refractivity contribution is 0.0697. The monoisotopic (exact) mass is 312 g/mol. The van der Waals surface area contributed by atoms with Gasteiger partial charge in [-0.25, -0.2) is 13.6 Å². The van der Waals surface area contributed by atoms with Crippen LogP contribution in [0.3, 0.4) is 0 Å². The Balaban J connectivity index is 2.45. The number of hydrogen-bond donors (Lipinski definition) is 1. The summed E-state index contributed by atoms with van der Waals surface area (Å²) >= 11 is 0.804. The first-order valence-electron chi connectivity index (χ1n) is 5.75. The van der Waals surface area contributed by atoms with Crippen molar-refractivity contribution in [1.82, 2.24) is 4.37 Å². The number of rotatable bonds is 3. The molecule has 0 aliphatic rings. The van der Waals surface area contributed by atoms with E-state index in [0.29, 0.717) is 0 Å². The van der Waals surface area contributed by atoms with Crippen LogP contribution in [-0.4, -0.2) is 28.4 Å². The first kappa shape index (κ1) is 15.0. The molecule has 0 fully saturated rings. The number of aryl methyl sites for hydroxylation is 1. The second-order valence-corrected chi connectivity index (χ2v) is 4.99. The van der Waals surface area contributed by atoms with E-state index < -0.39 is 29.1 Å². The van der Waals surface area contributed by atoms with Gasteiger partial charge in [0, 0.05) is 7.05 Å². The topological polar surface area (TPSA) is 70.5 Å². The highest BCUT2D eigenvalue weighted by atomic mass is 32.1. The van der Waals surface area contributed by atoms with Crippen LogP contribution in [0.5, 0.6) is 0 Å². The summed E-state index contributed by atoms with van der Waals surface area (Å²) in [6, 6.07) is 2.50. The summed E-state index contributed by atoms with van der Waals surface area (Å²) < 4.78 is 30.6. The van der Waals surface area contributed by atoms with Gasteiger partial charge in [0.15, 0.2) is 0 Å². The maximum Gasteiger partial charge on any atom is 0.340 e. The van der Waals surface area contributed by atoms with Crippen LogP contribution in [0.25, 0.3) is 0 Å². The maximum absolute atomic E-state index is 13.6. The molecule has 0 bridgehead atoms. The average molecular weight is 312 g/mol. The second-order valence-electron chi connectivity index (χ2n) is 4.24. The second kappa shape index (κ2) is 5.57. The number of carboxylic acids is 1. The highest BCUT2D eigenvalue weighted by molar-refractivity contribution is 7.11. The number of aromatic carboxylic acids is 1. The summed E-state index contributed by atoms with van der Waals surface area (Å²) in [7, 11) is 1.28. The van der Waals surface area contributed by atoms with E-state index in [9.17, 15) is 18.4 Å². The van der Waals surface area contributed by atoms with Crippen molar-refractivity contribution in [2.45, 2.75) is 6.92 Å². The van der Waals surface area contributed by atoms with Gasteiger partial charge in [-0.05, 0) is 36.7 Å². The van der Waals surface area contributed by atoms with Gasteiger partial charge in [0.25, 0.3) is 5.91 Å². The molecule has 1 aromatic carbocycles. The molecule has 0 spiro atoms. The molecule has 8 heteroatoms. The van der Waals surface area contributed by atoms with Gasteiger partial charge < -0.3 is 10.0 Å². The van der Waals surface area contributed by atoms with Crippen molar-refractivity contribution >= 4 is 28.4 Å². The molecule has 1 N–H and O–H groups in total. The van der Waals surface area contributed by atoms with Crippen LogP contribution in [0.15, 0.2) is 18.2 Å². The lowest BCUT2D eigenvalue weighted by Gasteiger charge is -2.16. The van der Waals surface area contributed by atoms with Crippen LogP contribution >= 0.6 is 11.5 Å². The highest BCUT2D eigenvalue weighted by Gasteiger charge is 2.26. The Bertz CT molecular complexity index is 730. The van der Waals surface area contributed by atoms with E-state index in [0.717, 1.165) is 34.6 Å². The molecule has 110 valence electrons. The Labute approximate surface area is 122 Å². The van der Waals surface area contributed by atoms with E-state index in [-0.39, 0.29) is 16.3 Å². The Morgan fingerprint density at radius 2 is 2.00 bits per heavy atom. The summed E-state index contributed by atoms with van der Waals surface area (Å²) in [5.41, 5.74) is -0.352. The number of amides is 1. The van der Waals surface area contributed by atoms with E-state index >= 15 is 0 Å². The normalized spacial score (nSPS) is 10.5. The first-order valence-corrected chi connectivity index (χ1v) is 6.53. The standard InChI is InChI=1S/C13H10F2N2O3S/c1-6-10(13(19)20)12(21-16-6)17(2)11(18)8-5-7(14)3-4-9(8)15/h3-5H,1-2H3,(H,19,20). The van der Waals surface area contributed by atoms with E-state index in [1.807, 2.05) is 0 Å². The highest BCUT2D eigenvalue weighted by Crippen LogP contribution is 2.29. The maximum atomic E-state index is 13.6. The van der Waals surface area contributed by atoms with Gasteiger partial charge in [-0.15, -0.1) is 0 Å². The fraction of sp³-hybridized carbons (Fsp3) is 0.154. The van der Waals surface area contributed by atoms with Crippen LogP contribution in [-0.2, 0) is 0 Å². The molecule has 1 amide bonds. The van der Waals surface area contributed by atoms with E-state index in [1.54, 1.807) is 0 Å². The van der Waals surface area contributed by atoms with E-state index in [2.05, 4.69) is 4.37 Å². The van der Waals surface area contributed by atoms with Crippen molar-refractivity contribution in [3.63, 3.8) is 0 Å².